The molecule has 0 unspecified atom stereocenters. The van der Waals surface area contributed by atoms with Gasteiger partial charge in [-0.15, -0.1) is 0 Å². The second-order valence-electron chi connectivity index (χ2n) is 10.5. The first-order valence-corrected chi connectivity index (χ1v) is 15.0. The van der Waals surface area contributed by atoms with Gasteiger partial charge >= 0.3 is 0 Å². The molecular weight excluding hydrogens is 578 g/mol. The van der Waals surface area contributed by atoms with Crippen molar-refractivity contribution in [1.82, 2.24) is 19.9 Å². The molecule has 0 amide bonds. The zero-order valence-electron chi connectivity index (χ0n) is 22.9. The maximum atomic E-state index is 9.72. The van der Waals surface area contributed by atoms with Crippen LogP contribution in [0.3, 0.4) is 0 Å². The van der Waals surface area contributed by atoms with Crippen LogP contribution in [0.15, 0.2) is 59.1 Å². The van der Waals surface area contributed by atoms with Gasteiger partial charge in [0.1, 0.15) is 6.07 Å². The van der Waals surface area contributed by atoms with Crippen molar-refractivity contribution in [3.05, 3.63) is 64.8 Å². The molecule has 4 aromatic rings. The molecule has 10 heteroatoms. The van der Waals surface area contributed by atoms with Crippen LogP contribution in [0.1, 0.15) is 44.2 Å². The monoisotopic (exact) mass is 609 g/mol. The zero-order chi connectivity index (χ0) is 28.2. The van der Waals surface area contributed by atoms with Gasteiger partial charge in [0, 0.05) is 47.5 Å². The number of nitrogen functional groups attached to an aromatic ring is 1. The van der Waals surface area contributed by atoms with E-state index >= 15 is 0 Å². The Kier molecular flexibility index (Phi) is 7.96. The van der Waals surface area contributed by atoms with Crippen molar-refractivity contribution >= 4 is 45.1 Å². The third kappa shape index (κ3) is 6.10. The number of rotatable bonds is 6. The van der Waals surface area contributed by atoms with Gasteiger partial charge in [-0.3, -0.25) is 0 Å². The summed E-state index contributed by atoms with van der Waals surface area (Å²) in [6.07, 6.45) is 7.13. The van der Waals surface area contributed by atoms with Crippen molar-refractivity contribution in [2.75, 3.05) is 47.0 Å². The number of piperidine rings is 2. The highest BCUT2D eigenvalue weighted by atomic mass is 79.9. The van der Waals surface area contributed by atoms with Crippen molar-refractivity contribution in [3.63, 3.8) is 0 Å². The molecule has 0 aliphatic carbocycles. The molecule has 2 aliphatic rings. The van der Waals surface area contributed by atoms with Gasteiger partial charge in [-0.1, -0.05) is 40.2 Å². The standard InChI is InChI=1S/C31H32BrN9/c32-23-9-7-8-22(18-23)26-19-25(28(34)27(20-33)36-26)21-10-12-24(13-11-21)35-29-37-30(40-14-3-1-4-15-40)39-31(38-29)41-16-5-2-6-17-41/h7-13,18-19H,1-6,14-17,34H2,(H,35,37,38,39). The Balaban J connectivity index is 1.29. The normalized spacial score (nSPS) is 15.4. The molecule has 2 fully saturated rings. The number of hydrogen-bond acceptors (Lipinski definition) is 9. The zero-order valence-corrected chi connectivity index (χ0v) is 24.4. The molecule has 9 nitrogen and oxygen atoms in total. The molecule has 0 spiro atoms. The summed E-state index contributed by atoms with van der Waals surface area (Å²) in [5, 5.41) is 13.1. The number of nitriles is 1. The highest BCUT2D eigenvalue weighted by Gasteiger charge is 2.21. The van der Waals surface area contributed by atoms with Gasteiger partial charge in [-0.2, -0.15) is 20.2 Å². The minimum atomic E-state index is 0.209. The number of halogens is 1. The fourth-order valence-electron chi connectivity index (χ4n) is 5.42. The highest BCUT2D eigenvalue weighted by molar-refractivity contribution is 9.10. The van der Waals surface area contributed by atoms with Gasteiger partial charge < -0.3 is 20.9 Å². The van der Waals surface area contributed by atoms with E-state index in [1.165, 1.54) is 12.8 Å². The van der Waals surface area contributed by atoms with Crippen LogP contribution in [0.25, 0.3) is 22.4 Å². The largest absolute Gasteiger partial charge is 0.396 e. The molecule has 4 heterocycles. The number of nitrogens with two attached hydrogens (primary N) is 1. The summed E-state index contributed by atoms with van der Waals surface area (Å²) in [4.78, 5) is 23.6. The maximum absolute atomic E-state index is 9.72. The molecular formula is C31H32BrN9. The molecule has 0 saturated carbocycles. The van der Waals surface area contributed by atoms with Crippen molar-refractivity contribution in [1.29, 1.82) is 5.26 Å². The number of anilines is 5. The summed E-state index contributed by atoms with van der Waals surface area (Å²) in [7, 11) is 0. The van der Waals surface area contributed by atoms with Crippen molar-refractivity contribution < 1.29 is 0 Å². The molecule has 208 valence electrons. The summed E-state index contributed by atoms with van der Waals surface area (Å²) < 4.78 is 0.939. The van der Waals surface area contributed by atoms with E-state index in [0.29, 0.717) is 17.3 Å². The minimum absolute atomic E-state index is 0.209. The van der Waals surface area contributed by atoms with Crippen LogP contribution < -0.4 is 20.9 Å². The lowest BCUT2D eigenvalue weighted by Gasteiger charge is -2.30. The van der Waals surface area contributed by atoms with Crippen molar-refractivity contribution in [2.24, 2.45) is 0 Å². The smallest absolute Gasteiger partial charge is 0.233 e. The first kappa shape index (κ1) is 27.0. The minimum Gasteiger partial charge on any atom is -0.396 e. The number of pyridine rings is 1. The SMILES string of the molecule is N#Cc1nc(-c2cccc(Br)c2)cc(-c2ccc(Nc3nc(N4CCCCC4)nc(N4CCCCC4)n3)cc2)c1N. The number of nitrogens with one attached hydrogen (secondary N) is 1. The Bertz CT molecular complexity index is 1530. The molecule has 2 aliphatic heterocycles. The predicted octanol–water partition coefficient (Wildman–Crippen LogP) is 6.54. The third-order valence-corrected chi connectivity index (χ3v) is 8.12. The van der Waals surface area contributed by atoms with E-state index < -0.39 is 0 Å². The quantitative estimate of drug-likeness (QED) is 0.251. The third-order valence-electron chi connectivity index (χ3n) is 7.63. The molecule has 41 heavy (non-hydrogen) atoms. The van der Waals surface area contributed by atoms with Crippen molar-refractivity contribution in [3.8, 4) is 28.5 Å². The highest BCUT2D eigenvalue weighted by Crippen LogP contribution is 2.34. The van der Waals surface area contributed by atoms with Gasteiger partial charge in [0.15, 0.2) is 5.69 Å². The number of nitrogens with zero attached hydrogens (tertiary/aromatic N) is 7. The lowest BCUT2D eigenvalue weighted by Crippen LogP contribution is -2.34. The maximum Gasteiger partial charge on any atom is 0.233 e. The molecule has 0 radical (unpaired) electrons. The van der Waals surface area contributed by atoms with Crippen LogP contribution in [0.2, 0.25) is 0 Å². The number of benzene rings is 2. The van der Waals surface area contributed by atoms with Crippen LogP contribution in [-0.4, -0.2) is 46.1 Å². The predicted molar refractivity (Wildman–Crippen MR) is 167 cm³/mol. The van der Waals surface area contributed by atoms with Gasteiger partial charge in [0.25, 0.3) is 0 Å². The molecule has 0 atom stereocenters. The fourth-order valence-corrected chi connectivity index (χ4v) is 5.82. The van der Waals surface area contributed by atoms with E-state index in [9.17, 15) is 5.26 Å². The Morgan fingerprint density at radius 2 is 1.39 bits per heavy atom. The van der Waals surface area contributed by atoms with Crippen molar-refractivity contribution in [2.45, 2.75) is 38.5 Å². The Hall–Kier alpha value is -4.23. The molecule has 2 saturated heterocycles. The first-order chi connectivity index (χ1) is 20.1. The summed E-state index contributed by atoms with van der Waals surface area (Å²) in [5.74, 6) is 2.03. The summed E-state index contributed by atoms with van der Waals surface area (Å²) in [6.45, 7) is 3.88. The lowest BCUT2D eigenvalue weighted by atomic mass is 10.00. The van der Waals surface area contributed by atoms with Crippen LogP contribution in [0, 0.1) is 11.3 Å². The number of hydrogen-bond donors (Lipinski definition) is 2. The van der Waals surface area contributed by atoms with Gasteiger partial charge in [-0.25, -0.2) is 4.98 Å². The van der Waals surface area contributed by atoms with Crippen LogP contribution in [0.5, 0.6) is 0 Å². The second kappa shape index (κ2) is 12.1. The van der Waals surface area contributed by atoms with E-state index in [1.54, 1.807) is 0 Å². The van der Waals surface area contributed by atoms with Gasteiger partial charge in [0.2, 0.25) is 17.8 Å². The van der Waals surface area contributed by atoms with E-state index in [4.69, 9.17) is 20.7 Å². The summed E-state index contributed by atoms with van der Waals surface area (Å²) in [6, 6.07) is 19.8. The van der Waals surface area contributed by atoms with E-state index in [0.717, 1.165) is 90.6 Å². The molecule has 2 aromatic carbocycles. The Labute approximate surface area is 248 Å². The fraction of sp³-hybridized carbons (Fsp3) is 0.323. The molecule has 6 rings (SSSR count). The molecule has 3 N–H and O–H groups in total. The molecule has 0 bridgehead atoms. The average molecular weight is 611 g/mol. The Morgan fingerprint density at radius 1 is 0.756 bits per heavy atom. The molecule has 2 aromatic heterocycles. The van der Waals surface area contributed by atoms with Gasteiger partial charge in [0.05, 0.1) is 11.4 Å². The second-order valence-corrected chi connectivity index (χ2v) is 11.4. The Morgan fingerprint density at radius 3 is 1.98 bits per heavy atom. The van der Waals surface area contributed by atoms with E-state index in [-0.39, 0.29) is 5.69 Å². The van der Waals surface area contributed by atoms with Crippen LogP contribution >= 0.6 is 15.9 Å². The summed E-state index contributed by atoms with van der Waals surface area (Å²) >= 11 is 3.52. The average Bonchev–Trinajstić information content (AvgIpc) is 3.02. The summed E-state index contributed by atoms with van der Waals surface area (Å²) in [5.41, 5.74) is 11.1. The first-order valence-electron chi connectivity index (χ1n) is 14.2. The van der Waals surface area contributed by atoms with E-state index in [1.807, 2.05) is 54.6 Å². The number of aromatic nitrogens is 4. The van der Waals surface area contributed by atoms with E-state index in [2.05, 4.69) is 42.1 Å². The lowest BCUT2D eigenvalue weighted by molar-refractivity contribution is 0.556. The topological polar surface area (TPSA) is 120 Å². The van der Waals surface area contributed by atoms with Crippen LogP contribution in [-0.2, 0) is 0 Å². The van der Waals surface area contributed by atoms with Crippen LogP contribution in [0.4, 0.5) is 29.2 Å². The van der Waals surface area contributed by atoms with Gasteiger partial charge in [-0.05, 0) is 74.4 Å².